The second-order valence-corrected chi connectivity index (χ2v) is 2.79. The largest absolute Gasteiger partial charge is 0.462 e. The standard InChI is InChI=1S/C8H8F4N2O2/c1-2-16-7(15)6(9)14-4-5(3-13-14)8(10,11)12/h3-4,6H,2H2,1H3. The molecular formula is C8H8F4N2O2. The highest BCUT2D eigenvalue weighted by Crippen LogP contribution is 2.29. The van der Waals surface area contributed by atoms with Gasteiger partial charge in [0.25, 0.3) is 6.30 Å². The Bertz CT molecular complexity index is 374. The Morgan fingerprint density at radius 2 is 2.25 bits per heavy atom. The van der Waals surface area contributed by atoms with Crippen molar-refractivity contribution in [2.45, 2.75) is 19.4 Å². The van der Waals surface area contributed by atoms with E-state index in [0.29, 0.717) is 12.4 Å². The van der Waals surface area contributed by atoms with Gasteiger partial charge in [-0.25, -0.2) is 13.9 Å². The lowest BCUT2D eigenvalue weighted by atomic mass is 10.4. The van der Waals surface area contributed by atoms with Crippen LogP contribution in [0.15, 0.2) is 12.4 Å². The number of hydrogen-bond acceptors (Lipinski definition) is 3. The molecule has 0 aromatic carbocycles. The first-order valence-corrected chi connectivity index (χ1v) is 4.28. The highest BCUT2D eigenvalue weighted by atomic mass is 19.4. The van der Waals surface area contributed by atoms with Crippen molar-refractivity contribution in [1.82, 2.24) is 9.78 Å². The van der Waals surface area contributed by atoms with Crippen LogP contribution in [0.1, 0.15) is 18.8 Å². The fraction of sp³-hybridized carbons (Fsp3) is 0.500. The lowest BCUT2D eigenvalue weighted by Crippen LogP contribution is -2.18. The van der Waals surface area contributed by atoms with E-state index in [1.807, 2.05) is 0 Å². The molecule has 1 atom stereocenters. The number of esters is 1. The van der Waals surface area contributed by atoms with Gasteiger partial charge in [0, 0.05) is 6.20 Å². The molecule has 1 unspecified atom stereocenters. The first kappa shape index (κ1) is 12.5. The molecule has 0 amide bonds. The number of ether oxygens (including phenoxy) is 1. The van der Waals surface area contributed by atoms with E-state index in [2.05, 4.69) is 9.84 Å². The van der Waals surface area contributed by atoms with Crippen LogP contribution in [0, 0.1) is 0 Å². The van der Waals surface area contributed by atoms with Gasteiger partial charge in [-0.3, -0.25) is 0 Å². The van der Waals surface area contributed by atoms with Crippen molar-refractivity contribution in [2.24, 2.45) is 0 Å². The molecule has 0 aliphatic carbocycles. The zero-order chi connectivity index (χ0) is 12.3. The summed E-state index contributed by atoms with van der Waals surface area (Å²) in [5.41, 5.74) is -1.13. The van der Waals surface area contributed by atoms with Gasteiger partial charge < -0.3 is 4.74 Å². The quantitative estimate of drug-likeness (QED) is 0.599. The fourth-order valence-electron chi connectivity index (χ4n) is 0.927. The smallest absolute Gasteiger partial charge is 0.419 e. The molecule has 0 saturated heterocycles. The average Bonchev–Trinajstić information content (AvgIpc) is 2.65. The molecule has 0 radical (unpaired) electrons. The maximum Gasteiger partial charge on any atom is 0.419 e. The molecule has 0 bridgehead atoms. The van der Waals surface area contributed by atoms with Gasteiger partial charge >= 0.3 is 12.1 Å². The van der Waals surface area contributed by atoms with E-state index in [4.69, 9.17) is 0 Å². The molecule has 16 heavy (non-hydrogen) atoms. The Hall–Kier alpha value is -1.60. The molecule has 0 aliphatic rings. The van der Waals surface area contributed by atoms with E-state index >= 15 is 0 Å². The van der Waals surface area contributed by atoms with Crippen LogP contribution < -0.4 is 0 Å². The normalized spacial score (nSPS) is 13.6. The van der Waals surface area contributed by atoms with Crippen LogP contribution in [0.4, 0.5) is 17.6 Å². The third kappa shape index (κ3) is 2.71. The number of carbonyl (C=O) groups excluding carboxylic acids is 1. The van der Waals surface area contributed by atoms with Crippen LogP contribution >= 0.6 is 0 Å². The molecule has 4 nitrogen and oxygen atoms in total. The van der Waals surface area contributed by atoms with E-state index in [0.717, 1.165) is 0 Å². The summed E-state index contributed by atoms with van der Waals surface area (Å²) in [6, 6.07) is 0. The molecule has 0 saturated carbocycles. The molecule has 8 heteroatoms. The van der Waals surface area contributed by atoms with Crippen molar-refractivity contribution in [2.75, 3.05) is 6.61 Å². The van der Waals surface area contributed by atoms with Crippen molar-refractivity contribution in [3.63, 3.8) is 0 Å². The van der Waals surface area contributed by atoms with Crippen LogP contribution in [0.3, 0.4) is 0 Å². The first-order chi connectivity index (χ1) is 7.36. The van der Waals surface area contributed by atoms with E-state index in [-0.39, 0.29) is 11.3 Å². The maximum absolute atomic E-state index is 13.2. The van der Waals surface area contributed by atoms with Crippen LogP contribution in [0.25, 0.3) is 0 Å². The summed E-state index contributed by atoms with van der Waals surface area (Å²) in [6.45, 7) is 1.39. The Balaban J connectivity index is 2.82. The molecule has 0 N–H and O–H groups in total. The fourth-order valence-corrected chi connectivity index (χ4v) is 0.927. The minimum atomic E-state index is -4.62. The average molecular weight is 240 g/mol. The Labute approximate surface area is 87.8 Å². The van der Waals surface area contributed by atoms with E-state index in [9.17, 15) is 22.4 Å². The summed E-state index contributed by atoms with van der Waals surface area (Å²) in [5, 5.41) is 3.11. The summed E-state index contributed by atoms with van der Waals surface area (Å²) in [5.74, 6) is -1.28. The van der Waals surface area contributed by atoms with Crippen molar-refractivity contribution >= 4 is 5.97 Å². The third-order valence-electron chi connectivity index (χ3n) is 1.64. The number of nitrogens with zero attached hydrogens (tertiary/aromatic N) is 2. The van der Waals surface area contributed by atoms with Gasteiger partial charge in [0.2, 0.25) is 0 Å². The van der Waals surface area contributed by atoms with Gasteiger partial charge in [-0.2, -0.15) is 18.3 Å². The molecule has 1 heterocycles. The molecule has 0 spiro atoms. The van der Waals surface area contributed by atoms with Crippen molar-refractivity contribution in [3.05, 3.63) is 18.0 Å². The zero-order valence-electron chi connectivity index (χ0n) is 8.16. The summed E-state index contributed by atoms with van der Waals surface area (Å²) >= 11 is 0. The van der Waals surface area contributed by atoms with Gasteiger partial charge in [-0.1, -0.05) is 0 Å². The number of alkyl halides is 4. The predicted molar refractivity (Wildman–Crippen MR) is 44.0 cm³/mol. The maximum atomic E-state index is 13.2. The molecule has 1 aromatic rings. The molecule has 0 fully saturated rings. The minimum Gasteiger partial charge on any atom is -0.462 e. The number of carbonyl (C=O) groups is 1. The summed E-state index contributed by atoms with van der Waals surface area (Å²) in [4.78, 5) is 10.9. The topological polar surface area (TPSA) is 44.1 Å². The van der Waals surface area contributed by atoms with Gasteiger partial charge in [0.05, 0.1) is 18.4 Å². The van der Waals surface area contributed by atoms with E-state index in [1.54, 1.807) is 0 Å². The van der Waals surface area contributed by atoms with Gasteiger partial charge in [-0.05, 0) is 6.92 Å². The van der Waals surface area contributed by atoms with Crippen LogP contribution in [-0.4, -0.2) is 22.4 Å². The molecule has 1 rings (SSSR count). The number of aromatic nitrogens is 2. The lowest BCUT2D eigenvalue weighted by molar-refractivity contribution is -0.153. The van der Waals surface area contributed by atoms with Gasteiger partial charge in [0.15, 0.2) is 0 Å². The Morgan fingerprint density at radius 3 is 2.69 bits per heavy atom. The van der Waals surface area contributed by atoms with Gasteiger partial charge in [0.1, 0.15) is 0 Å². The molecule has 0 aliphatic heterocycles. The van der Waals surface area contributed by atoms with Gasteiger partial charge in [-0.15, -0.1) is 0 Å². The lowest BCUT2D eigenvalue weighted by Gasteiger charge is -2.07. The number of halogens is 4. The van der Waals surface area contributed by atoms with Crippen molar-refractivity contribution < 1.29 is 27.1 Å². The van der Waals surface area contributed by atoms with Crippen molar-refractivity contribution in [3.8, 4) is 0 Å². The Morgan fingerprint density at radius 1 is 1.62 bits per heavy atom. The summed E-state index contributed by atoms with van der Waals surface area (Å²) < 4.78 is 54.1. The van der Waals surface area contributed by atoms with Crippen LogP contribution in [0.5, 0.6) is 0 Å². The summed E-state index contributed by atoms with van der Waals surface area (Å²) in [6.07, 6.45) is -6.14. The number of rotatable bonds is 3. The van der Waals surface area contributed by atoms with E-state index < -0.39 is 24.0 Å². The first-order valence-electron chi connectivity index (χ1n) is 4.28. The van der Waals surface area contributed by atoms with E-state index in [1.165, 1.54) is 6.92 Å². The monoisotopic (exact) mass is 240 g/mol. The SMILES string of the molecule is CCOC(=O)C(F)n1cc(C(F)(F)F)cn1. The highest BCUT2D eigenvalue weighted by molar-refractivity contribution is 5.72. The second kappa shape index (κ2) is 4.50. The Kier molecular flexibility index (Phi) is 3.51. The van der Waals surface area contributed by atoms with Crippen LogP contribution in [0.2, 0.25) is 0 Å². The molecular weight excluding hydrogens is 232 g/mol. The number of hydrogen-bond donors (Lipinski definition) is 0. The second-order valence-electron chi connectivity index (χ2n) is 2.79. The molecule has 1 aromatic heterocycles. The highest BCUT2D eigenvalue weighted by Gasteiger charge is 2.33. The van der Waals surface area contributed by atoms with Crippen molar-refractivity contribution in [1.29, 1.82) is 0 Å². The molecule has 90 valence electrons. The minimum absolute atomic E-state index is 0.0628. The third-order valence-corrected chi connectivity index (χ3v) is 1.64. The van der Waals surface area contributed by atoms with Crippen LogP contribution in [-0.2, 0) is 15.7 Å². The summed E-state index contributed by atoms with van der Waals surface area (Å²) in [7, 11) is 0. The zero-order valence-corrected chi connectivity index (χ0v) is 8.16. The predicted octanol–water partition coefficient (Wildman–Crippen LogP) is 1.93.